The molecule has 1 aromatic rings. The number of carboxylic acid groups (broad SMARTS) is 1. The number of H-pyrrole nitrogens is 1. The number of pyridine rings is 1. The zero-order valence-corrected chi connectivity index (χ0v) is 11.2. The maximum atomic E-state index is 12.4. The second-order valence-electron chi connectivity index (χ2n) is 4.56. The Morgan fingerprint density at radius 3 is 2.29 bits per heavy atom. The summed E-state index contributed by atoms with van der Waals surface area (Å²) >= 11 is 0. The number of alkyl halides is 3. The van der Waals surface area contributed by atoms with Crippen molar-refractivity contribution in [1.82, 2.24) is 10.3 Å². The highest BCUT2D eigenvalue weighted by molar-refractivity contribution is 5.97. The van der Waals surface area contributed by atoms with Crippen molar-refractivity contribution in [3.05, 3.63) is 33.7 Å². The predicted molar refractivity (Wildman–Crippen MR) is 65.9 cm³/mol. The maximum Gasteiger partial charge on any atom is 0.431 e. The summed E-state index contributed by atoms with van der Waals surface area (Å²) in [5, 5.41) is 11.1. The third-order valence-corrected chi connectivity index (χ3v) is 3.03. The Balaban J connectivity index is 3.10. The van der Waals surface area contributed by atoms with Gasteiger partial charge in [0.2, 0.25) is 0 Å². The van der Waals surface area contributed by atoms with Crippen LogP contribution in [0.2, 0.25) is 0 Å². The molecule has 0 fully saturated rings. The SMILES string of the molecule is CCC(C)(NC(=O)c1ccc(C(F)(F)F)[nH]c1=O)C(=O)O. The highest BCUT2D eigenvalue weighted by Gasteiger charge is 2.35. The highest BCUT2D eigenvalue weighted by atomic mass is 19.4. The largest absolute Gasteiger partial charge is 0.480 e. The van der Waals surface area contributed by atoms with Crippen LogP contribution in [0, 0.1) is 0 Å². The normalized spacial score (nSPS) is 14.3. The molecule has 21 heavy (non-hydrogen) atoms. The molecule has 0 spiro atoms. The summed E-state index contributed by atoms with van der Waals surface area (Å²) in [6, 6.07) is 1.25. The molecule has 0 aliphatic heterocycles. The first-order valence-corrected chi connectivity index (χ1v) is 5.87. The molecule has 0 aliphatic rings. The molecule has 0 saturated heterocycles. The van der Waals surface area contributed by atoms with Crippen molar-refractivity contribution in [3.63, 3.8) is 0 Å². The van der Waals surface area contributed by atoms with Crippen LogP contribution in [0.15, 0.2) is 16.9 Å². The second kappa shape index (κ2) is 5.58. The zero-order chi connectivity index (χ0) is 16.4. The van der Waals surface area contributed by atoms with E-state index >= 15 is 0 Å². The van der Waals surface area contributed by atoms with Gasteiger partial charge in [0.25, 0.3) is 11.5 Å². The van der Waals surface area contributed by atoms with Crippen molar-refractivity contribution in [1.29, 1.82) is 0 Å². The van der Waals surface area contributed by atoms with Gasteiger partial charge in [-0.2, -0.15) is 13.2 Å². The Morgan fingerprint density at radius 1 is 1.33 bits per heavy atom. The summed E-state index contributed by atoms with van der Waals surface area (Å²) in [5.74, 6) is -2.38. The van der Waals surface area contributed by atoms with Crippen LogP contribution in [0.5, 0.6) is 0 Å². The maximum absolute atomic E-state index is 12.4. The summed E-state index contributed by atoms with van der Waals surface area (Å²) in [4.78, 5) is 35.9. The molecule has 1 unspecified atom stereocenters. The summed E-state index contributed by atoms with van der Waals surface area (Å²) in [6.45, 7) is 2.73. The van der Waals surface area contributed by atoms with Gasteiger partial charge in [0.05, 0.1) is 0 Å². The standard InChI is InChI=1S/C12H13F3N2O4/c1-3-11(2,10(20)21)17-9(19)6-4-5-7(12(13,14)15)16-8(6)18/h4-5H,3H2,1-2H3,(H,16,18)(H,17,19)(H,20,21). The Labute approximate surface area is 117 Å². The first kappa shape index (κ1) is 16.7. The number of rotatable bonds is 4. The van der Waals surface area contributed by atoms with Crippen LogP contribution < -0.4 is 10.9 Å². The van der Waals surface area contributed by atoms with Crippen molar-refractivity contribution in [2.24, 2.45) is 0 Å². The molecule has 116 valence electrons. The Hall–Kier alpha value is -2.32. The van der Waals surface area contributed by atoms with Crippen LogP contribution in [-0.2, 0) is 11.0 Å². The minimum Gasteiger partial charge on any atom is -0.480 e. The minimum absolute atomic E-state index is 0.0343. The molecule has 1 amide bonds. The monoisotopic (exact) mass is 306 g/mol. The molecule has 6 nitrogen and oxygen atoms in total. The Morgan fingerprint density at radius 2 is 1.90 bits per heavy atom. The smallest absolute Gasteiger partial charge is 0.431 e. The number of carbonyl (C=O) groups excluding carboxylic acids is 1. The molecule has 1 atom stereocenters. The summed E-state index contributed by atoms with van der Waals surface area (Å²) in [6.07, 6.45) is -4.71. The third kappa shape index (κ3) is 3.61. The second-order valence-corrected chi connectivity index (χ2v) is 4.56. The molecular weight excluding hydrogens is 293 g/mol. The molecule has 3 N–H and O–H groups in total. The number of carboxylic acids is 1. The van der Waals surface area contributed by atoms with Crippen molar-refractivity contribution >= 4 is 11.9 Å². The summed E-state index contributed by atoms with van der Waals surface area (Å²) < 4.78 is 37.2. The molecule has 1 aromatic heterocycles. The average molecular weight is 306 g/mol. The molecule has 0 saturated carbocycles. The van der Waals surface area contributed by atoms with Crippen LogP contribution >= 0.6 is 0 Å². The summed E-state index contributed by atoms with van der Waals surface area (Å²) in [7, 11) is 0. The quantitative estimate of drug-likeness (QED) is 0.782. The van der Waals surface area contributed by atoms with Crippen molar-refractivity contribution < 1.29 is 27.9 Å². The fourth-order valence-electron chi connectivity index (χ4n) is 1.43. The van der Waals surface area contributed by atoms with Gasteiger partial charge < -0.3 is 15.4 Å². The highest BCUT2D eigenvalue weighted by Crippen LogP contribution is 2.26. The summed E-state index contributed by atoms with van der Waals surface area (Å²) in [5.41, 5.74) is -4.75. The third-order valence-electron chi connectivity index (χ3n) is 3.03. The number of aliphatic carboxylic acids is 1. The number of hydrogen-bond donors (Lipinski definition) is 3. The number of hydrogen-bond acceptors (Lipinski definition) is 3. The van der Waals surface area contributed by atoms with Gasteiger partial charge in [-0.05, 0) is 25.5 Å². The van der Waals surface area contributed by atoms with Crippen LogP contribution in [0.3, 0.4) is 0 Å². The lowest BCUT2D eigenvalue weighted by atomic mass is 9.98. The number of aromatic amines is 1. The van der Waals surface area contributed by atoms with Gasteiger partial charge in [-0.25, -0.2) is 4.79 Å². The molecule has 9 heteroatoms. The number of aromatic nitrogens is 1. The Bertz CT molecular complexity index is 624. The van der Waals surface area contributed by atoms with E-state index in [-0.39, 0.29) is 6.42 Å². The van der Waals surface area contributed by atoms with E-state index in [9.17, 15) is 27.6 Å². The van der Waals surface area contributed by atoms with E-state index in [0.29, 0.717) is 12.1 Å². The van der Waals surface area contributed by atoms with Gasteiger partial charge in [0.15, 0.2) is 0 Å². The van der Waals surface area contributed by atoms with E-state index in [4.69, 9.17) is 5.11 Å². The lowest BCUT2D eigenvalue weighted by Gasteiger charge is -2.24. The molecule has 0 radical (unpaired) electrons. The fraction of sp³-hybridized carbons (Fsp3) is 0.417. The molecule has 1 rings (SSSR count). The topological polar surface area (TPSA) is 99.3 Å². The van der Waals surface area contributed by atoms with E-state index in [1.54, 1.807) is 4.98 Å². The lowest BCUT2D eigenvalue weighted by molar-refractivity contribution is -0.144. The average Bonchev–Trinajstić information content (AvgIpc) is 2.36. The lowest BCUT2D eigenvalue weighted by Crippen LogP contribution is -2.52. The predicted octanol–water partition coefficient (Wildman–Crippen LogP) is 1.38. The molecule has 0 bridgehead atoms. The molecule has 0 aromatic carbocycles. The van der Waals surface area contributed by atoms with Gasteiger partial charge in [-0.3, -0.25) is 9.59 Å². The first-order valence-electron chi connectivity index (χ1n) is 5.87. The number of amides is 1. The minimum atomic E-state index is -4.74. The van der Waals surface area contributed by atoms with Crippen molar-refractivity contribution in [3.8, 4) is 0 Å². The number of carbonyl (C=O) groups is 2. The molecule has 0 aliphatic carbocycles. The molecule has 1 heterocycles. The van der Waals surface area contributed by atoms with Crippen LogP contribution in [0.25, 0.3) is 0 Å². The van der Waals surface area contributed by atoms with E-state index < -0.39 is 40.4 Å². The van der Waals surface area contributed by atoms with Crippen molar-refractivity contribution in [2.45, 2.75) is 32.0 Å². The molecular formula is C12H13F3N2O4. The van der Waals surface area contributed by atoms with E-state index in [2.05, 4.69) is 5.32 Å². The van der Waals surface area contributed by atoms with Gasteiger partial charge in [0, 0.05) is 0 Å². The zero-order valence-electron chi connectivity index (χ0n) is 11.2. The number of halogens is 3. The van der Waals surface area contributed by atoms with Crippen LogP contribution in [-0.4, -0.2) is 27.5 Å². The fourth-order valence-corrected chi connectivity index (χ4v) is 1.43. The van der Waals surface area contributed by atoms with Crippen LogP contribution in [0.1, 0.15) is 36.3 Å². The van der Waals surface area contributed by atoms with Crippen LogP contribution in [0.4, 0.5) is 13.2 Å². The van der Waals surface area contributed by atoms with Crippen molar-refractivity contribution in [2.75, 3.05) is 0 Å². The van der Waals surface area contributed by atoms with E-state index in [1.165, 1.54) is 13.8 Å². The van der Waals surface area contributed by atoms with E-state index in [1.807, 2.05) is 0 Å². The van der Waals surface area contributed by atoms with Gasteiger partial charge in [0.1, 0.15) is 16.8 Å². The van der Waals surface area contributed by atoms with E-state index in [0.717, 1.165) is 0 Å². The number of nitrogens with one attached hydrogen (secondary N) is 2. The van der Waals surface area contributed by atoms with Gasteiger partial charge in [-0.1, -0.05) is 6.92 Å². The Kier molecular flexibility index (Phi) is 4.45. The van der Waals surface area contributed by atoms with Gasteiger partial charge in [-0.15, -0.1) is 0 Å². The van der Waals surface area contributed by atoms with Gasteiger partial charge >= 0.3 is 12.1 Å². The first-order chi connectivity index (χ1) is 9.51.